The smallest absolute Gasteiger partial charge is 0.205 e. The van der Waals surface area contributed by atoms with Crippen molar-refractivity contribution in [3.05, 3.63) is 52.9 Å². The molecule has 0 amide bonds. The molecule has 1 aromatic heterocycles. The molecule has 140 valence electrons. The van der Waals surface area contributed by atoms with Gasteiger partial charge < -0.3 is 9.15 Å². The molecule has 0 radical (unpaired) electrons. The van der Waals surface area contributed by atoms with E-state index in [1.165, 1.54) is 0 Å². The van der Waals surface area contributed by atoms with Crippen molar-refractivity contribution in [3.63, 3.8) is 0 Å². The SMILES string of the molecule is CC1(C)CC(=O)CC2(C1)Oc1ccc(Cl)cc1C1CC(c3ccco3)=NN12. The number of halogens is 1. The predicted molar refractivity (Wildman–Crippen MR) is 102 cm³/mol. The lowest BCUT2D eigenvalue weighted by atomic mass is 9.71. The maximum Gasteiger partial charge on any atom is 0.205 e. The molecule has 6 heteroatoms. The largest absolute Gasteiger partial charge is 0.466 e. The molecule has 2 unspecified atom stereocenters. The molecule has 1 spiro atoms. The normalized spacial score (nSPS) is 28.6. The summed E-state index contributed by atoms with van der Waals surface area (Å²) in [5.74, 6) is 1.76. The first-order valence-corrected chi connectivity index (χ1v) is 9.64. The lowest BCUT2D eigenvalue weighted by molar-refractivity contribution is -0.171. The van der Waals surface area contributed by atoms with Crippen molar-refractivity contribution in [2.45, 2.75) is 51.3 Å². The van der Waals surface area contributed by atoms with Crippen molar-refractivity contribution in [2.24, 2.45) is 10.5 Å². The number of carbonyl (C=O) groups excluding carboxylic acids is 1. The molecule has 5 nitrogen and oxygen atoms in total. The maximum atomic E-state index is 12.6. The summed E-state index contributed by atoms with van der Waals surface area (Å²) in [5.41, 5.74) is 0.969. The number of rotatable bonds is 1. The Morgan fingerprint density at radius 2 is 2.11 bits per heavy atom. The minimum atomic E-state index is -0.765. The number of Topliss-reactive ketones (excluding diaryl/α,β-unsaturated/α-hetero) is 1. The van der Waals surface area contributed by atoms with E-state index in [-0.39, 0.29) is 17.2 Å². The summed E-state index contributed by atoms with van der Waals surface area (Å²) in [6.07, 6.45) is 3.99. The van der Waals surface area contributed by atoms with Crippen LogP contribution in [-0.4, -0.2) is 22.2 Å². The molecule has 1 saturated carbocycles. The highest BCUT2D eigenvalue weighted by atomic mass is 35.5. The topological polar surface area (TPSA) is 55.0 Å². The molecule has 27 heavy (non-hydrogen) atoms. The average molecular weight is 385 g/mol. The highest BCUT2D eigenvalue weighted by molar-refractivity contribution is 6.30. The van der Waals surface area contributed by atoms with E-state index in [1.807, 2.05) is 35.3 Å². The second-order valence-corrected chi connectivity index (χ2v) is 8.99. The number of benzene rings is 1. The van der Waals surface area contributed by atoms with E-state index in [0.717, 1.165) is 29.2 Å². The summed E-state index contributed by atoms with van der Waals surface area (Å²) in [7, 11) is 0. The van der Waals surface area contributed by atoms with Crippen LogP contribution in [0.1, 0.15) is 56.9 Å². The van der Waals surface area contributed by atoms with E-state index in [1.54, 1.807) is 6.26 Å². The average Bonchev–Trinajstić information content (AvgIpc) is 3.23. The fraction of sp³-hybridized carbons (Fsp3) is 0.429. The number of hydrogen-bond acceptors (Lipinski definition) is 5. The molecule has 1 aromatic carbocycles. The van der Waals surface area contributed by atoms with Gasteiger partial charge in [0.1, 0.15) is 23.0 Å². The second-order valence-electron chi connectivity index (χ2n) is 8.55. The monoisotopic (exact) mass is 384 g/mol. The highest BCUT2D eigenvalue weighted by Gasteiger charge is 2.56. The van der Waals surface area contributed by atoms with Gasteiger partial charge in [-0.15, -0.1) is 0 Å². The number of ether oxygens (including phenoxy) is 1. The van der Waals surface area contributed by atoms with Gasteiger partial charge in [-0.1, -0.05) is 25.4 Å². The Morgan fingerprint density at radius 3 is 2.85 bits per heavy atom. The molecule has 1 aliphatic carbocycles. The van der Waals surface area contributed by atoms with Gasteiger partial charge in [0, 0.05) is 29.8 Å². The van der Waals surface area contributed by atoms with E-state index in [9.17, 15) is 4.79 Å². The van der Waals surface area contributed by atoms with Gasteiger partial charge in [0.25, 0.3) is 0 Å². The lowest BCUT2D eigenvalue weighted by Gasteiger charge is -2.52. The van der Waals surface area contributed by atoms with Crippen LogP contribution >= 0.6 is 11.6 Å². The number of furan rings is 1. The number of hydrogen-bond donors (Lipinski definition) is 0. The Balaban J connectivity index is 1.65. The summed E-state index contributed by atoms with van der Waals surface area (Å²) < 4.78 is 12.1. The molecule has 2 atom stereocenters. The molecule has 0 bridgehead atoms. The van der Waals surface area contributed by atoms with Gasteiger partial charge in [0.05, 0.1) is 18.7 Å². The maximum absolute atomic E-state index is 12.6. The van der Waals surface area contributed by atoms with Crippen LogP contribution in [-0.2, 0) is 4.79 Å². The van der Waals surface area contributed by atoms with Crippen molar-refractivity contribution < 1.29 is 13.9 Å². The molecule has 0 N–H and O–H groups in total. The minimum Gasteiger partial charge on any atom is -0.466 e. The quantitative estimate of drug-likeness (QED) is 0.697. The second kappa shape index (κ2) is 5.61. The Bertz CT molecular complexity index is 950. The van der Waals surface area contributed by atoms with Crippen molar-refractivity contribution >= 4 is 23.1 Å². The Hall–Kier alpha value is -2.27. The zero-order valence-corrected chi connectivity index (χ0v) is 16.1. The zero-order chi connectivity index (χ0) is 18.8. The van der Waals surface area contributed by atoms with Crippen molar-refractivity contribution in [2.75, 3.05) is 0 Å². The van der Waals surface area contributed by atoms with Gasteiger partial charge >= 0.3 is 0 Å². The fourth-order valence-corrected chi connectivity index (χ4v) is 5.04. The standard InChI is InChI=1S/C21H21ClN2O3/c1-20(2)10-14(25)11-21(12-20)24-17(9-16(23-24)19-4-3-7-26-19)15-8-13(22)5-6-18(15)27-21/h3-8,17H,9-12H2,1-2H3. The molecule has 5 rings (SSSR count). The van der Waals surface area contributed by atoms with E-state index < -0.39 is 5.72 Å². The summed E-state index contributed by atoms with van der Waals surface area (Å²) in [6, 6.07) is 9.45. The van der Waals surface area contributed by atoms with Crippen LogP contribution in [0.15, 0.2) is 46.1 Å². The molecular formula is C21H21ClN2O3. The van der Waals surface area contributed by atoms with Gasteiger partial charge in [0.2, 0.25) is 5.72 Å². The molecule has 2 aromatic rings. The molecule has 3 heterocycles. The number of fused-ring (bicyclic) bond motifs is 4. The minimum absolute atomic E-state index is 0.0192. The molecule has 3 aliphatic rings. The van der Waals surface area contributed by atoms with E-state index >= 15 is 0 Å². The molecular weight excluding hydrogens is 364 g/mol. The van der Waals surface area contributed by atoms with Gasteiger partial charge in [-0.2, -0.15) is 5.10 Å². The zero-order valence-electron chi connectivity index (χ0n) is 15.4. The molecule has 0 saturated heterocycles. The van der Waals surface area contributed by atoms with Gasteiger partial charge in [-0.05, 0) is 35.7 Å². The fourth-order valence-electron chi connectivity index (χ4n) is 4.86. The third-order valence-electron chi connectivity index (χ3n) is 5.67. The van der Waals surface area contributed by atoms with E-state index in [4.69, 9.17) is 25.9 Å². The number of ketones is 1. The molecule has 2 aliphatic heterocycles. The predicted octanol–water partition coefficient (Wildman–Crippen LogP) is 4.95. The van der Waals surface area contributed by atoms with Gasteiger partial charge in [-0.3, -0.25) is 4.79 Å². The van der Waals surface area contributed by atoms with E-state index in [0.29, 0.717) is 24.3 Å². The van der Waals surface area contributed by atoms with Gasteiger partial charge in [0.15, 0.2) is 0 Å². The summed E-state index contributed by atoms with van der Waals surface area (Å²) in [4.78, 5) is 12.6. The van der Waals surface area contributed by atoms with Crippen LogP contribution in [0.4, 0.5) is 0 Å². The van der Waals surface area contributed by atoms with Gasteiger partial charge in [-0.25, -0.2) is 5.01 Å². The summed E-state index contributed by atoms with van der Waals surface area (Å²) in [6.45, 7) is 4.24. The highest BCUT2D eigenvalue weighted by Crippen LogP contribution is 2.54. The Kier molecular flexibility index (Phi) is 3.51. The summed E-state index contributed by atoms with van der Waals surface area (Å²) >= 11 is 6.26. The number of carbonyl (C=O) groups is 1. The van der Waals surface area contributed by atoms with Crippen molar-refractivity contribution in [1.29, 1.82) is 0 Å². The van der Waals surface area contributed by atoms with Crippen molar-refractivity contribution in [3.8, 4) is 5.75 Å². The first-order chi connectivity index (χ1) is 12.9. The van der Waals surface area contributed by atoms with Crippen LogP contribution < -0.4 is 4.74 Å². The van der Waals surface area contributed by atoms with E-state index in [2.05, 4.69) is 13.8 Å². The third-order valence-corrected chi connectivity index (χ3v) is 5.90. The van der Waals surface area contributed by atoms with Crippen LogP contribution in [0.2, 0.25) is 5.02 Å². The molecule has 1 fully saturated rings. The van der Waals surface area contributed by atoms with Crippen LogP contribution in [0.5, 0.6) is 5.75 Å². The lowest BCUT2D eigenvalue weighted by Crippen LogP contribution is -2.59. The summed E-state index contributed by atoms with van der Waals surface area (Å²) in [5, 5.41) is 7.56. The van der Waals surface area contributed by atoms with Crippen molar-refractivity contribution in [1.82, 2.24) is 5.01 Å². The first kappa shape index (κ1) is 16.9. The van der Waals surface area contributed by atoms with Crippen LogP contribution in [0.25, 0.3) is 0 Å². The number of hydrazone groups is 1. The Morgan fingerprint density at radius 1 is 1.26 bits per heavy atom. The van der Waals surface area contributed by atoms with Crippen LogP contribution in [0.3, 0.4) is 0 Å². The first-order valence-electron chi connectivity index (χ1n) is 9.26. The third kappa shape index (κ3) is 2.67. The number of nitrogens with zero attached hydrogens (tertiary/aromatic N) is 2. The van der Waals surface area contributed by atoms with Crippen LogP contribution in [0, 0.1) is 5.41 Å². The Labute approximate surface area is 162 Å².